The molecule has 0 unspecified atom stereocenters. The number of amides is 1. The Hall–Kier alpha value is -1.43. The molecule has 0 saturated carbocycles. The minimum Gasteiger partial charge on any atom is -0.444 e. The topological polar surface area (TPSA) is 68.3 Å². The van der Waals surface area contributed by atoms with Crippen LogP contribution in [0.3, 0.4) is 0 Å². The maximum Gasteiger partial charge on any atom is 0.408 e. The van der Waals surface area contributed by atoms with E-state index in [2.05, 4.69) is 10.3 Å². The van der Waals surface area contributed by atoms with Crippen LogP contribution in [-0.4, -0.2) is 22.5 Å². The molecule has 0 spiro atoms. The molecular formula is C12H18N2O3S. The van der Waals surface area contributed by atoms with Crippen molar-refractivity contribution in [2.45, 2.75) is 46.8 Å². The molecule has 0 aliphatic rings. The number of alkyl carbamates (subject to hydrolysis) is 1. The Bertz CT molecular complexity index is 460. The van der Waals surface area contributed by atoms with E-state index >= 15 is 0 Å². The van der Waals surface area contributed by atoms with Crippen molar-refractivity contribution >= 4 is 23.2 Å². The molecule has 0 aliphatic carbocycles. The van der Waals surface area contributed by atoms with E-state index in [9.17, 15) is 9.59 Å². The maximum absolute atomic E-state index is 11.4. The van der Waals surface area contributed by atoms with E-state index in [0.29, 0.717) is 10.7 Å². The van der Waals surface area contributed by atoms with E-state index in [1.807, 2.05) is 6.92 Å². The Morgan fingerprint density at radius 1 is 1.39 bits per heavy atom. The first-order valence-corrected chi connectivity index (χ1v) is 6.45. The average molecular weight is 270 g/mol. The van der Waals surface area contributed by atoms with Crippen LogP contribution in [0.4, 0.5) is 4.79 Å². The summed E-state index contributed by atoms with van der Waals surface area (Å²) in [6.07, 6.45) is -0.486. The first-order chi connectivity index (χ1) is 8.19. The number of ketones is 1. The highest BCUT2D eigenvalue weighted by Crippen LogP contribution is 2.17. The SMILES string of the molecule is CC(=O)c1nc(CNC(=O)OC(C)(C)C)sc1C. The van der Waals surface area contributed by atoms with Crippen molar-refractivity contribution in [1.29, 1.82) is 0 Å². The van der Waals surface area contributed by atoms with Gasteiger partial charge in [0.2, 0.25) is 0 Å². The molecule has 6 heteroatoms. The highest BCUT2D eigenvalue weighted by molar-refractivity contribution is 7.11. The van der Waals surface area contributed by atoms with Crippen molar-refractivity contribution in [3.8, 4) is 0 Å². The van der Waals surface area contributed by atoms with Gasteiger partial charge in [-0.15, -0.1) is 11.3 Å². The minimum absolute atomic E-state index is 0.0627. The molecule has 1 N–H and O–H groups in total. The molecule has 100 valence electrons. The first-order valence-electron chi connectivity index (χ1n) is 5.63. The summed E-state index contributed by atoms with van der Waals surface area (Å²) in [6, 6.07) is 0. The number of aryl methyl sites for hydroxylation is 1. The molecule has 1 rings (SSSR count). The van der Waals surface area contributed by atoms with Crippen LogP contribution in [0.2, 0.25) is 0 Å². The van der Waals surface area contributed by atoms with Crippen LogP contribution in [0.25, 0.3) is 0 Å². The molecule has 0 atom stereocenters. The van der Waals surface area contributed by atoms with E-state index in [-0.39, 0.29) is 12.3 Å². The molecule has 0 fully saturated rings. The Morgan fingerprint density at radius 2 is 2.00 bits per heavy atom. The number of carbonyl (C=O) groups excluding carboxylic acids is 2. The first kappa shape index (κ1) is 14.6. The molecule has 0 radical (unpaired) electrons. The number of Topliss-reactive ketones (excluding diaryl/α,β-unsaturated/α-hetero) is 1. The molecule has 18 heavy (non-hydrogen) atoms. The number of thiazole rings is 1. The summed E-state index contributed by atoms with van der Waals surface area (Å²) in [4.78, 5) is 27.7. The third-order valence-corrected chi connectivity index (χ3v) is 2.93. The molecule has 1 aromatic rings. The summed E-state index contributed by atoms with van der Waals surface area (Å²) < 4.78 is 5.10. The molecule has 0 aromatic carbocycles. The summed E-state index contributed by atoms with van der Waals surface area (Å²) in [5, 5.41) is 3.31. The molecule has 0 bridgehead atoms. The van der Waals surface area contributed by atoms with E-state index in [4.69, 9.17) is 4.74 Å². The maximum atomic E-state index is 11.4. The van der Waals surface area contributed by atoms with Crippen molar-refractivity contribution in [1.82, 2.24) is 10.3 Å². The standard InChI is InChI=1S/C12H18N2O3S/c1-7(15)10-8(2)18-9(14-10)6-13-11(16)17-12(3,4)5/h6H2,1-5H3,(H,13,16). The van der Waals surface area contributed by atoms with E-state index in [1.165, 1.54) is 18.3 Å². The van der Waals surface area contributed by atoms with Crippen molar-refractivity contribution in [3.63, 3.8) is 0 Å². The van der Waals surface area contributed by atoms with Crippen molar-refractivity contribution < 1.29 is 14.3 Å². The van der Waals surface area contributed by atoms with E-state index < -0.39 is 11.7 Å². The molecule has 5 nitrogen and oxygen atoms in total. The van der Waals surface area contributed by atoms with Crippen molar-refractivity contribution in [2.24, 2.45) is 0 Å². The van der Waals surface area contributed by atoms with Gasteiger partial charge in [-0.25, -0.2) is 9.78 Å². The summed E-state index contributed by atoms with van der Waals surface area (Å²) in [5.74, 6) is -0.0627. The van der Waals surface area contributed by atoms with E-state index in [1.54, 1.807) is 20.8 Å². The summed E-state index contributed by atoms with van der Waals surface area (Å²) in [7, 11) is 0. The lowest BCUT2D eigenvalue weighted by atomic mass is 10.2. The number of nitrogens with one attached hydrogen (secondary N) is 1. The van der Waals surface area contributed by atoms with Gasteiger partial charge in [-0.1, -0.05) is 0 Å². The van der Waals surface area contributed by atoms with Crippen LogP contribution in [0, 0.1) is 6.92 Å². The number of carbonyl (C=O) groups is 2. The van der Waals surface area contributed by atoms with Gasteiger partial charge in [0.05, 0.1) is 6.54 Å². The Kier molecular flexibility index (Phi) is 4.45. The van der Waals surface area contributed by atoms with Crippen LogP contribution in [0.1, 0.15) is 48.1 Å². The predicted molar refractivity (Wildman–Crippen MR) is 69.9 cm³/mol. The lowest BCUT2D eigenvalue weighted by Crippen LogP contribution is -2.32. The minimum atomic E-state index is -0.520. The number of aromatic nitrogens is 1. The fraction of sp³-hybridized carbons (Fsp3) is 0.583. The van der Waals surface area contributed by atoms with Gasteiger partial charge in [0, 0.05) is 11.8 Å². The van der Waals surface area contributed by atoms with Crippen LogP contribution in [0.5, 0.6) is 0 Å². The quantitative estimate of drug-likeness (QED) is 0.857. The molecular weight excluding hydrogens is 252 g/mol. The normalized spacial score (nSPS) is 11.2. The van der Waals surface area contributed by atoms with Crippen molar-refractivity contribution in [3.05, 3.63) is 15.6 Å². The fourth-order valence-electron chi connectivity index (χ4n) is 1.32. The fourth-order valence-corrected chi connectivity index (χ4v) is 2.24. The predicted octanol–water partition coefficient (Wildman–Crippen LogP) is 2.68. The summed E-state index contributed by atoms with van der Waals surface area (Å²) in [6.45, 7) is 8.99. The number of nitrogens with zero attached hydrogens (tertiary/aromatic N) is 1. The third-order valence-electron chi connectivity index (χ3n) is 1.96. The van der Waals surface area contributed by atoms with Crippen LogP contribution < -0.4 is 5.32 Å². The molecule has 0 aliphatic heterocycles. The zero-order chi connectivity index (χ0) is 13.9. The highest BCUT2D eigenvalue weighted by atomic mass is 32.1. The van der Waals surface area contributed by atoms with E-state index in [0.717, 1.165) is 4.88 Å². The third kappa shape index (κ3) is 4.44. The van der Waals surface area contributed by atoms with Crippen molar-refractivity contribution in [2.75, 3.05) is 0 Å². The second kappa shape index (κ2) is 5.48. The number of rotatable bonds is 3. The van der Waals surface area contributed by atoms with Crippen LogP contribution in [-0.2, 0) is 11.3 Å². The average Bonchev–Trinajstić information content (AvgIpc) is 2.54. The van der Waals surface area contributed by atoms with Gasteiger partial charge >= 0.3 is 6.09 Å². The van der Waals surface area contributed by atoms with Gasteiger partial charge in [-0.05, 0) is 27.7 Å². The second-order valence-corrected chi connectivity index (χ2v) is 6.21. The van der Waals surface area contributed by atoms with Gasteiger partial charge in [0.25, 0.3) is 0 Å². The smallest absolute Gasteiger partial charge is 0.408 e. The lowest BCUT2D eigenvalue weighted by Gasteiger charge is -2.19. The van der Waals surface area contributed by atoms with Gasteiger partial charge in [0.1, 0.15) is 16.3 Å². The van der Waals surface area contributed by atoms with Crippen LogP contribution in [0.15, 0.2) is 0 Å². The molecule has 0 saturated heterocycles. The Balaban J connectivity index is 2.57. The summed E-state index contributed by atoms with van der Waals surface area (Å²) >= 11 is 1.40. The van der Waals surface area contributed by atoms with Gasteiger partial charge < -0.3 is 10.1 Å². The molecule has 1 heterocycles. The number of hydrogen-bond donors (Lipinski definition) is 1. The highest BCUT2D eigenvalue weighted by Gasteiger charge is 2.17. The summed E-state index contributed by atoms with van der Waals surface area (Å²) in [5.41, 5.74) is -0.0473. The number of hydrogen-bond acceptors (Lipinski definition) is 5. The lowest BCUT2D eigenvalue weighted by molar-refractivity contribution is 0.0523. The monoisotopic (exact) mass is 270 g/mol. The Morgan fingerprint density at radius 3 is 2.44 bits per heavy atom. The number of ether oxygens (including phenoxy) is 1. The van der Waals surface area contributed by atoms with Gasteiger partial charge in [-0.2, -0.15) is 0 Å². The van der Waals surface area contributed by atoms with Gasteiger partial charge in [-0.3, -0.25) is 4.79 Å². The Labute approximate surface area is 111 Å². The zero-order valence-electron chi connectivity index (χ0n) is 11.3. The van der Waals surface area contributed by atoms with Gasteiger partial charge in [0.15, 0.2) is 5.78 Å². The largest absolute Gasteiger partial charge is 0.444 e. The second-order valence-electron chi connectivity index (χ2n) is 4.92. The van der Waals surface area contributed by atoms with Crippen LogP contribution >= 0.6 is 11.3 Å². The molecule has 1 amide bonds. The zero-order valence-corrected chi connectivity index (χ0v) is 12.1. The molecule has 1 aromatic heterocycles.